The summed E-state index contributed by atoms with van der Waals surface area (Å²) in [6.45, 7) is 0. The van der Waals surface area contributed by atoms with Crippen LogP contribution in [0.25, 0.3) is 0 Å². The van der Waals surface area contributed by atoms with Gasteiger partial charge in [-0.25, -0.2) is 0 Å². The first kappa shape index (κ1) is 5.28. The Morgan fingerprint density at radius 3 is 3.00 bits per heavy atom. The number of fused-ring (bicyclic) bond motifs is 1. The molecular weight excluding hydrogens is 108 g/mol. The molecule has 0 N–H and O–H groups in total. The monoisotopic (exact) mass is 118 g/mol. The number of hydrogen-bond acceptors (Lipinski definition) is 0. The summed E-state index contributed by atoms with van der Waals surface area (Å²) in [4.78, 5) is 0. The number of allylic oxidation sites excluding steroid dienone is 4. The Morgan fingerprint density at radius 1 is 1.22 bits per heavy atom. The van der Waals surface area contributed by atoms with Crippen molar-refractivity contribution >= 4 is 0 Å². The van der Waals surface area contributed by atoms with E-state index >= 15 is 0 Å². The first-order chi connectivity index (χ1) is 4.47. The van der Waals surface area contributed by atoms with Crippen molar-refractivity contribution in [2.45, 2.75) is 25.7 Å². The molecule has 46 valence electrons. The number of hydrogen-bond donors (Lipinski definition) is 0. The van der Waals surface area contributed by atoms with E-state index in [4.69, 9.17) is 0 Å². The second-order valence-electron chi connectivity index (χ2n) is 2.66. The molecule has 0 spiro atoms. The zero-order valence-corrected chi connectivity index (χ0v) is 5.48. The lowest BCUT2D eigenvalue weighted by atomic mass is 10.0. The molecule has 1 saturated carbocycles. The smallest absolute Gasteiger partial charge is 0.0128 e. The van der Waals surface area contributed by atoms with Crippen molar-refractivity contribution < 1.29 is 0 Å². The zero-order chi connectivity index (χ0) is 6.10. The molecule has 0 nitrogen and oxygen atoms in total. The van der Waals surface area contributed by atoms with Crippen LogP contribution in [0.3, 0.4) is 0 Å². The summed E-state index contributed by atoms with van der Waals surface area (Å²) >= 11 is 0. The lowest BCUT2D eigenvalue weighted by Gasteiger charge is -2.04. The van der Waals surface area contributed by atoms with E-state index in [0.29, 0.717) is 0 Å². The van der Waals surface area contributed by atoms with E-state index in [1.807, 2.05) is 0 Å². The fourth-order valence-corrected chi connectivity index (χ4v) is 1.55. The van der Waals surface area contributed by atoms with E-state index in [-0.39, 0.29) is 0 Å². The molecule has 1 fully saturated rings. The van der Waals surface area contributed by atoms with Gasteiger partial charge >= 0.3 is 0 Å². The van der Waals surface area contributed by atoms with Crippen molar-refractivity contribution in [2.24, 2.45) is 0 Å². The van der Waals surface area contributed by atoms with Crippen molar-refractivity contribution in [3.8, 4) is 0 Å². The average molecular weight is 118 g/mol. The summed E-state index contributed by atoms with van der Waals surface area (Å²) in [7, 11) is 0. The van der Waals surface area contributed by atoms with Crippen molar-refractivity contribution in [1.82, 2.24) is 0 Å². The Kier molecular flexibility index (Phi) is 1.18. The van der Waals surface area contributed by atoms with Gasteiger partial charge < -0.3 is 0 Å². The molecule has 2 aliphatic carbocycles. The molecule has 0 aromatic carbocycles. The second kappa shape index (κ2) is 2.02. The predicted molar refractivity (Wildman–Crippen MR) is 37.9 cm³/mol. The fourth-order valence-electron chi connectivity index (χ4n) is 1.55. The Balaban J connectivity index is 2.30. The molecule has 0 amide bonds. The molecular formula is C9H10. The second-order valence-corrected chi connectivity index (χ2v) is 2.66. The first-order valence-electron chi connectivity index (χ1n) is 3.58. The van der Waals surface area contributed by atoms with Gasteiger partial charge in [-0.05, 0) is 36.8 Å². The molecule has 2 radical (unpaired) electrons. The third-order valence-electron chi connectivity index (χ3n) is 2.05. The van der Waals surface area contributed by atoms with Crippen LogP contribution < -0.4 is 0 Å². The highest BCUT2D eigenvalue weighted by Gasteiger charge is 2.14. The summed E-state index contributed by atoms with van der Waals surface area (Å²) in [5.74, 6) is 0. The minimum atomic E-state index is 1.04. The van der Waals surface area contributed by atoms with E-state index in [2.05, 4.69) is 18.6 Å². The molecule has 0 saturated heterocycles. The Morgan fingerprint density at radius 2 is 2.11 bits per heavy atom. The maximum absolute atomic E-state index is 3.22. The highest BCUT2D eigenvalue weighted by molar-refractivity contribution is 5.39. The fraction of sp³-hybridized carbons (Fsp3) is 0.444. The van der Waals surface area contributed by atoms with Crippen LogP contribution in [0.2, 0.25) is 0 Å². The van der Waals surface area contributed by atoms with Crippen LogP contribution in [0.15, 0.2) is 23.3 Å². The largest absolute Gasteiger partial charge is 0.0801 e. The van der Waals surface area contributed by atoms with E-state index < -0.39 is 0 Å². The molecule has 0 aliphatic heterocycles. The minimum Gasteiger partial charge on any atom is -0.0801 e. The van der Waals surface area contributed by atoms with Crippen LogP contribution in [0.4, 0.5) is 0 Å². The van der Waals surface area contributed by atoms with Gasteiger partial charge in [-0.3, -0.25) is 0 Å². The van der Waals surface area contributed by atoms with Gasteiger partial charge in [0.15, 0.2) is 0 Å². The Hall–Kier alpha value is -0.520. The van der Waals surface area contributed by atoms with Gasteiger partial charge in [0.2, 0.25) is 0 Å². The Labute approximate surface area is 56.3 Å². The molecule has 9 heavy (non-hydrogen) atoms. The molecule has 0 heteroatoms. The van der Waals surface area contributed by atoms with Gasteiger partial charge in [0, 0.05) is 6.42 Å². The molecule has 0 atom stereocenters. The van der Waals surface area contributed by atoms with Crippen LogP contribution in [0, 0.1) is 6.42 Å². The van der Waals surface area contributed by atoms with Crippen LogP contribution in [-0.2, 0) is 0 Å². The van der Waals surface area contributed by atoms with Crippen LogP contribution >= 0.6 is 0 Å². The van der Waals surface area contributed by atoms with E-state index in [1.165, 1.54) is 19.3 Å². The first-order valence-corrected chi connectivity index (χ1v) is 3.58. The van der Waals surface area contributed by atoms with Crippen LogP contribution in [-0.4, -0.2) is 0 Å². The highest BCUT2D eigenvalue weighted by Crippen LogP contribution is 2.33. The van der Waals surface area contributed by atoms with Crippen LogP contribution in [0.1, 0.15) is 25.7 Å². The molecule has 0 heterocycles. The normalized spacial score (nSPS) is 24.9. The van der Waals surface area contributed by atoms with Crippen molar-refractivity contribution in [2.75, 3.05) is 0 Å². The highest BCUT2D eigenvalue weighted by atomic mass is 14.2. The number of rotatable bonds is 0. The maximum atomic E-state index is 3.22. The predicted octanol–water partition coefficient (Wildman–Crippen LogP) is 2.51. The molecule has 0 bridgehead atoms. The summed E-state index contributed by atoms with van der Waals surface area (Å²) in [6, 6.07) is 0. The quantitative estimate of drug-likeness (QED) is 0.458. The van der Waals surface area contributed by atoms with Crippen LogP contribution in [0.5, 0.6) is 0 Å². The third kappa shape index (κ3) is 0.827. The zero-order valence-electron chi connectivity index (χ0n) is 5.48. The van der Waals surface area contributed by atoms with E-state index in [0.717, 1.165) is 6.42 Å². The molecule has 0 aromatic rings. The molecule has 0 aromatic heterocycles. The van der Waals surface area contributed by atoms with Crippen molar-refractivity contribution in [3.63, 3.8) is 0 Å². The molecule has 2 aliphatic rings. The van der Waals surface area contributed by atoms with Gasteiger partial charge in [-0.1, -0.05) is 12.2 Å². The van der Waals surface area contributed by atoms with E-state index in [1.54, 1.807) is 11.1 Å². The standard InChI is InChI=1S/C9H10/c1-2-5-9-7-3-6-8(9)4-1/h4-5H,1,3,6-7H2. The van der Waals surface area contributed by atoms with Gasteiger partial charge in [0.05, 0.1) is 0 Å². The van der Waals surface area contributed by atoms with Gasteiger partial charge in [-0.2, -0.15) is 0 Å². The summed E-state index contributed by atoms with van der Waals surface area (Å²) in [5.41, 5.74) is 3.13. The van der Waals surface area contributed by atoms with E-state index in [9.17, 15) is 0 Å². The lowest BCUT2D eigenvalue weighted by molar-refractivity contribution is 0.933. The summed E-state index contributed by atoms with van der Waals surface area (Å²) in [6.07, 6.45) is 12.7. The molecule has 0 unspecified atom stereocenters. The van der Waals surface area contributed by atoms with Gasteiger partial charge in [0.25, 0.3) is 0 Å². The maximum Gasteiger partial charge on any atom is 0.0128 e. The molecule has 2 rings (SSSR count). The third-order valence-corrected chi connectivity index (χ3v) is 2.05. The SMILES string of the molecule is [C]1C=C2CCCC2=CC1. The minimum absolute atomic E-state index is 1.04. The lowest BCUT2D eigenvalue weighted by Crippen LogP contribution is -1.85. The van der Waals surface area contributed by atoms with Crippen molar-refractivity contribution in [3.05, 3.63) is 29.7 Å². The van der Waals surface area contributed by atoms with Gasteiger partial charge in [0.1, 0.15) is 0 Å². The topological polar surface area (TPSA) is 0 Å². The average Bonchev–Trinajstić information content (AvgIpc) is 2.33. The summed E-state index contributed by atoms with van der Waals surface area (Å²) in [5, 5.41) is 0. The van der Waals surface area contributed by atoms with Crippen molar-refractivity contribution in [1.29, 1.82) is 0 Å². The van der Waals surface area contributed by atoms with Gasteiger partial charge in [-0.15, -0.1) is 0 Å². The summed E-state index contributed by atoms with van der Waals surface area (Å²) < 4.78 is 0. The Bertz CT molecular complexity index is 152.